The van der Waals surface area contributed by atoms with Crippen molar-refractivity contribution in [3.8, 4) is 5.69 Å². The third-order valence-electron chi connectivity index (χ3n) is 2.40. The first kappa shape index (κ1) is 11.7. The second-order valence-electron chi connectivity index (χ2n) is 3.44. The molecule has 0 spiro atoms. The molecule has 0 amide bonds. The summed E-state index contributed by atoms with van der Waals surface area (Å²) in [5.41, 5.74) is 6.96. The lowest BCUT2D eigenvalue weighted by Crippen LogP contribution is -2.16. The molecular weight excluding hydrogens is 242 g/mol. The summed E-state index contributed by atoms with van der Waals surface area (Å²) < 4.78 is 1.47. The van der Waals surface area contributed by atoms with E-state index in [4.69, 9.17) is 17.3 Å². The monoisotopic (exact) mass is 251 g/mol. The van der Waals surface area contributed by atoms with Crippen LogP contribution in [0.1, 0.15) is 11.5 Å². The predicted octanol–water partition coefficient (Wildman–Crippen LogP) is 0.557. The highest BCUT2D eigenvalue weighted by Crippen LogP contribution is 2.24. The van der Waals surface area contributed by atoms with Gasteiger partial charge in [0, 0.05) is 11.6 Å². The van der Waals surface area contributed by atoms with E-state index >= 15 is 0 Å². The standard InChI is InChI=1S/C10H10ClN5O/c11-8-1-2-10(16-6-13-14-15-16)9(3-8)7(4-12)5-17/h1-3,5-7H,4,12H2. The molecule has 1 aromatic carbocycles. The molecular formula is C10H10ClN5O. The van der Waals surface area contributed by atoms with Gasteiger partial charge in [0.2, 0.25) is 0 Å². The van der Waals surface area contributed by atoms with Crippen LogP contribution in [-0.2, 0) is 4.79 Å². The molecule has 0 fully saturated rings. The average molecular weight is 252 g/mol. The zero-order chi connectivity index (χ0) is 12.3. The summed E-state index contributed by atoms with van der Waals surface area (Å²) in [6.45, 7) is 0.207. The summed E-state index contributed by atoms with van der Waals surface area (Å²) in [4.78, 5) is 11.0. The summed E-state index contributed by atoms with van der Waals surface area (Å²) in [6, 6.07) is 5.16. The van der Waals surface area contributed by atoms with Gasteiger partial charge in [-0.25, -0.2) is 4.68 Å². The molecule has 0 saturated carbocycles. The minimum Gasteiger partial charge on any atom is -0.329 e. The Bertz CT molecular complexity index is 513. The van der Waals surface area contributed by atoms with Gasteiger partial charge in [-0.1, -0.05) is 11.6 Å². The molecule has 1 heterocycles. The van der Waals surface area contributed by atoms with E-state index < -0.39 is 5.92 Å². The lowest BCUT2D eigenvalue weighted by atomic mass is 9.99. The lowest BCUT2D eigenvalue weighted by molar-refractivity contribution is -0.108. The molecule has 0 aliphatic rings. The number of nitrogens with zero attached hydrogens (tertiary/aromatic N) is 4. The molecule has 17 heavy (non-hydrogen) atoms. The first-order valence-electron chi connectivity index (χ1n) is 4.94. The van der Waals surface area contributed by atoms with Gasteiger partial charge in [0.05, 0.1) is 11.6 Å². The van der Waals surface area contributed by atoms with Crippen molar-refractivity contribution in [3.63, 3.8) is 0 Å². The first-order valence-corrected chi connectivity index (χ1v) is 5.32. The molecule has 2 N–H and O–H groups in total. The van der Waals surface area contributed by atoms with Gasteiger partial charge in [0.1, 0.15) is 12.6 Å². The zero-order valence-electron chi connectivity index (χ0n) is 8.82. The van der Waals surface area contributed by atoms with Crippen LogP contribution in [0, 0.1) is 0 Å². The fraction of sp³-hybridized carbons (Fsp3) is 0.200. The van der Waals surface area contributed by atoms with Gasteiger partial charge in [-0.2, -0.15) is 0 Å². The Labute approximate surface area is 102 Å². The topological polar surface area (TPSA) is 86.7 Å². The van der Waals surface area contributed by atoms with Gasteiger partial charge in [0.15, 0.2) is 0 Å². The maximum atomic E-state index is 11.0. The lowest BCUT2D eigenvalue weighted by Gasteiger charge is -2.13. The number of carbonyl (C=O) groups excluding carboxylic acids is 1. The van der Waals surface area contributed by atoms with Gasteiger partial charge in [-0.05, 0) is 34.2 Å². The second kappa shape index (κ2) is 5.03. The van der Waals surface area contributed by atoms with Crippen molar-refractivity contribution in [1.82, 2.24) is 20.2 Å². The molecule has 7 heteroatoms. The third kappa shape index (κ3) is 2.32. The van der Waals surface area contributed by atoms with E-state index in [2.05, 4.69) is 15.5 Å². The summed E-state index contributed by atoms with van der Waals surface area (Å²) in [6.07, 6.45) is 2.24. The molecule has 0 aliphatic heterocycles. The summed E-state index contributed by atoms with van der Waals surface area (Å²) in [5, 5.41) is 11.4. The van der Waals surface area contributed by atoms with Crippen molar-refractivity contribution in [2.75, 3.05) is 6.54 Å². The van der Waals surface area contributed by atoms with E-state index in [1.54, 1.807) is 18.2 Å². The Kier molecular flexibility index (Phi) is 3.46. The van der Waals surface area contributed by atoms with Crippen LogP contribution in [-0.4, -0.2) is 33.0 Å². The molecule has 0 aliphatic carbocycles. The molecule has 88 valence electrons. The fourth-order valence-electron chi connectivity index (χ4n) is 1.56. The maximum absolute atomic E-state index is 11.0. The number of hydrogen-bond acceptors (Lipinski definition) is 5. The van der Waals surface area contributed by atoms with Gasteiger partial charge in [-0.15, -0.1) is 5.10 Å². The van der Waals surface area contributed by atoms with Gasteiger partial charge >= 0.3 is 0 Å². The normalized spacial score (nSPS) is 12.4. The van der Waals surface area contributed by atoms with Crippen LogP contribution in [0.25, 0.3) is 5.69 Å². The zero-order valence-corrected chi connectivity index (χ0v) is 9.58. The highest BCUT2D eigenvalue weighted by atomic mass is 35.5. The summed E-state index contributed by atoms with van der Waals surface area (Å²) in [5.74, 6) is -0.423. The van der Waals surface area contributed by atoms with Crippen molar-refractivity contribution in [3.05, 3.63) is 35.1 Å². The molecule has 0 saturated heterocycles. The number of nitrogens with two attached hydrogens (primary N) is 1. The van der Waals surface area contributed by atoms with Crippen molar-refractivity contribution in [2.24, 2.45) is 5.73 Å². The van der Waals surface area contributed by atoms with E-state index in [1.165, 1.54) is 11.0 Å². The van der Waals surface area contributed by atoms with E-state index in [1.807, 2.05) is 0 Å². The highest BCUT2D eigenvalue weighted by molar-refractivity contribution is 6.30. The summed E-state index contributed by atoms with van der Waals surface area (Å²) >= 11 is 5.92. The number of tetrazole rings is 1. The largest absolute Gasteiger partial charge is 0.329 e. The molecule has 1 aromatic heterocycles. The number of carbonyl (C=O) groups is 1. The van der Waals surface area contributed by atoms with Crippen LogP contribution in [0.2, 0.25) is 5.02 Å². The molecule has 0 bridgehead atoms. The number of aldehydes is 1. The Morgan fingerprint density at radius 1 is 1.53 bits per heavy atom. The van der Waals surface area contributed by atoms with Crippen LogP contribution < -0.4 is 5.73 Å². The fourth-order valence-corrected chi connectivity index (χ4v) is 1.74. The van der Waals surface area contributed by atoms with Crippen molar-refractivity contribution in [2.45, 2.75) is 5.92 Å². The summed E-state index contributed by atoms with van der Waals surface area (Å²) in [7, 11) is 0. The Morgan fingerprint density at radius 2 is 2.35 bits per heavy atom. The van der Waals surface area contributed by atoms with E-state index in [9.17, 15) is 4.79 Å². The van der Waals surface area contributed by atoms with Crippen LogP contribution in [0.4, 0.5) is 0 Å². The van der Waals surface area contributed by atoms with Crippen molar-refractivity contribution in [1.29, 1.82) is 0 Å². The minimum atomic E-state index is -0.423. The molecule has 1 atom stereocenters. The molecule has 1 unspecified atom stereocenters. The average Bonchev–Trinajstić information content (AvgIpc) is 2.84. The SMILES string of the molecule is NCC(C=O)c1cc(Cl)ccc1-n1cnnn1. The smallest absolute Gasteiger partial charge is 0.143 e. The van der Waals surface area contributed by atoms with Crippen LogP contribution >= 0.6 is 11.6 Å². The highest BCUT2D eigenvalue weighted by Gasteiger charge is 2.15. The minimum absolute atomic E-state index is 0.207. The first-order chi connectivity index (χ1) is 8.26. The van der Waals surface area contributed by atoms with Gasteiger partial charge in [0.25, 0.3) is 0 Å². The number of hydrogen-bond donors (Lipinski definition) is 1. The third-order valence-corrected chi connectivity index (χ3v) is 2.64. The number of aromatic nitrogens is 4. The van der Waals surface area contributed by atoms with Crippen molar-refractivity contribution >= 4 is 17.9 Å². The number of rotatable bonds is 4. The molecule has 2 rings (SSSR count). The van der Waals surface area contributed by atoms with Crippen LogP contribution in [0.3, 0.4) is 0 Å². The Morgan fingerprint density at radius 3 is 2.94 bits per heavy atom. The number of benzene rings is 1. The molecule has 6 nitrogen and oxygen atoms in total. The van der Waals surface area contributed by atoms with Crippen LogP contribution in [0.15, 0.2) is 24.5 Å². The van der Waals surface area contributed by atoms with Crippen LogP contribution in [0.5, 0.6) is 0 Å². The number of halogens is 1. The Hall–Kier alpha value is -1.79. The molecule has 0 radical (unpaired) electrons. The Balaban J connectivity index is 2.55. The maximum Gasteiger partial charge on any atom is 0.143 e. The quantitative estimate of drug-likeness (QED) is 0.803. The van der Waals surface area contributed by atoms with Gasteiger partial charge in [-0.3, -0.25) is 0 Å². The predicted molar refractivity (Wildman–Crippen MR) is 62.0 cm³/mol. The molecule has 2 aromatic rings. The van der Waals surface area contributed by atoms with Crippen molar-refractivity contribution < 1.29 is 4.79 Å². The van der Waals surface area contributed by atoms with E-state index in [-0.39, 0.29) is 6.54 Å². The second-order valence-corrected chi connectivity index (χ2v) is 3.87. The van der Waals surface area contributed by atoms with E-state index in [0.29, 0.717) is 16.3 Å². The van der Waals surface area contributed by atoms with E-state index in [0.717, 1.165) is 6.29 Å². The van der Waals surface area contributed by atoms with Gasteiger partial charge < -0.3 is 10.5 Å².